The largest absolute Gasteiger partial charge is 0.494 e. The number of aromatic amines is 1. The molecular formula is C14H16N2O3. The Bertz CT molecular complexity index is 641. The van der Waals surface area contributed by atoms with Gasteiger partial charge in [0, 0.05) is 18.8 Å². The van der Waals surface area contributed by atoms with E-state index < -0.39 is 0 Å². The molecule has 0 bridgehead atoms. The summed E-state index contributed by atoms with van der Waals surface area (Å²) in [6.07, 6.45) is 2.23. The molecule has 100 valence electrons. The summed E-state index contributed by atoms with van der Waals surface area (Å²) >= 11 is 0. The van der Waals surface area contributed by atoms with Crippen LogP contribution >= 0.6 is 0 Å². The predicted octanol–water partition coefficient (Wildman–Crippen LogP) is 1.18. The zero-order chi connectivity index (χ0) is 13.7. The Morgan fingerprint density at radius 3 is 2.53 bits per heavy atom. The Morgan fingerprint density at radius 2 is 1.89 bits per heavy atom. The number of rotatable bonds is 5. The minimum atomic E-state index is -0.376. The van der Waals surface area contributed by atoms with Crippen LogP contribution in [0.4, 0.5) is 0 Å². The van der Waals surface area contributed by atoms with E-state index in [0.29, 0.717) is 13.2 Å². The van der Waals surface area contributed by atoms with Crippen molar-refractivity contribution in [3.63, 3.8) is 0 Å². The number of hydrogen-bond donors (Lipinski definition) is 1. The number of nitrogens with one attached hydrogen (secondary N) is 1. The third-order valence-electron chi connectivity index (χ3n) is 2.77. The number of aromatic nitrogens is 2. The summed E-state index contributed by atoms with van der Waals surface area (Å²) in [7, 11) is 0. The van der Waals surface area contributed by atoms with Crippen LogP contribution in [-0.4, -0.2) is 16.2 Å². The van der Waals surface area contributed by atoms with Crippen LogP contribution in [0.5, 0.6) is 5.75 Å². The lowest BCUT2D eigenvalue weighted by molar-refractivity contribution is 0.340. The van der Waals surface area contributed by atoms with Gasteiger partial charge in [-0.05, 0) is 31.0 Å². The van der Waals surface area contributed by atoms with Crippen molar-refractivity contribution in [3.8, 4) is 5.75 Å². The van der Waals surface area contributed by atoms with E-state index in [4.69, 9.17) is 4.74 Å². The van der Waals surface area contributed by atoms with Gasteiger partial charge in [0.05, 0.1) is 6.61 Å². The third-order valence-corrected chi connectivity index (χ3v) is 2.77. The highest BCUT2D eigenvalue weighted by molar-refractivity contribution is 5.27. The molecule has 2 aromatic rings. The predicted molar refractivity (Wildman–Crippen MR) is 72.6 cm³/mol. The van der Waals surface area contributed by atoms with Gasteiger partial charge in [-0.15, -0.1) is 0 Å². The zero-order valence-corrected chi connectivity index (χ0v) is 10.8. The molecule has 0 atom stereocenters. The average molecular weight is 260 g/mol. The minimum Gasteiger partial charge on any atom is -0.494 e. The van der Waals surface area contributed by atoms with Gasteiger partial charge in [0.15, 0.2) is 0 Å². The van der Waals surface area contributed by atoms with Crippen molar-refractivity contribution in [2.24, 2.45) is 0 Å². The Morgan fingerprint density at radius 1 is 1.16 bits per heavy atom. The highest BCUT2D eigenvalue weighted by Gasteiger charge is 1.99. The van der Waals surface area contributed by atoms with Crippen LogP contribution in [0.3, 0.4) is 0 Å². The van der Waals surface area contributed by atoms with Crippen molar-refractivity contribution < 1.29 is 4.74 Å². The van der Waals surface area contributed by atoms with Gasteiger partial charge < -0.3 is 9.30 Å². The molecule has 2 rings (SSSR count). The molecule has 5 nitrogen and oxygen atoms in total. The molecule has 0 aliphatic heterocycles. The zero-order valence-electron chi connectivity index (χ0n) is 10.8. The smallest absolute Gasteiger partial charge is 0.328 e. The number of aryl methyl sites for hydroxylation is 2. The summed E-state index contributed by atoms with van der Waals surface area (Å²) in [6, 6.07) is 9.12. The summed E-state index contributed by atoms with van der Waals surface area (Å²) in [5.74, 6) is 0.840. The summed E-state index contributed by atoms with van der Waals surface area (Å²) in [6.45, 7) is 3.12. The molecule has 1 N–H and O–H groups in total. The number of hydrogen-bond acceptors (Lipinski definition) is 3. The second kappa shape index (κ2) is 6.04. The molecule has 0 saturated carbocycles. The van der Waals surface area contributed by atoms with Gasteiger partial charge in [0.25, 0.3) is 5.56 Å². The lowest BCUT2D eigenvalue weighted by atomic mass is 10.1. The number of nitrogens with zero attached hydrogens (tertiary/aromatic N) is 1. The lowest BCUT2D eigenvalue weighted by Crippen LogP contribution is -2.29. The quantitative estimate of drug-likeness (QED) is 0.878. The molecule has 0 radical (unpaired) electrons. The Kier molecular flexibility index (Phi) is 4.18. The van der Waals surface area contributed by atoms with E-state index in [9.17, 15) is 9.59 Å². The third kappa shape index (κ3) is 3.58. The second-order valence-corrected chi connectivity index (χ2v) is 4.13. The summed E-state index contributed by atoms with van der Waals surface area (Å²) < 4.78 is 6.84. The van der Waals surface area contributed by atoms with Gasteiger partial charge in [-0.1, -0.05) is 12.1 Å². The molecule has 19 heavy (non-hydrogen) atoms. The monoisotopic (exact) mass is 260 g/mol. The van der Waals surface area contributed by atoms with Crippen LogP contribution in [0, 0.1) is 0 Å². The first-order valence-corrected chi connectivity index (χ1v) is 6.20. The average Bonchev–Trinajstić information content (AvgIpc) is 2.40. The maximum absolute atomic E-state index is 11.5. The molecule has 5 heteroatoms. The van der Waals surface area contributed by atoms with Gasteiger partial charge in [-0.3, -0.25) is 9.78 Å². The van der Waals surface area contributed by atoms with Crippen molar-refractivity contribution in [2.45, 2.75) is 19.9 Å². The molecule has 0 aliphatic rings. The van der Waals surface area contributed by atoms with E-state index in [1.165, 1.54) is 16.8 Å². The molecule has 0 saturated heterocycles. The van der Waals surface area contributed by atoms with Crippen molar-refractivity contribution in [1.29, 1.82) is 0 Å². The Hall–Kier alpha value is -2.30. The minimum absolute atomic E-state index is 0.373. The van der Waals surface area contributed by atoms with Gasteiger partial charge in [-0.25, -0.2) is 4.79 Å². The molecule has 0 spiro atoms. The van der Waals surface area contributed by atoms with Crippen molar-refractivity contribution in [3.05, 3.63) is 62.9 Å². The van der Waals surface area contributed by atoms with Crippen molar-refractivity contribution in [1.82, 2.24) is 9.55 Å². The summed E-state index contributed by atoms with van der Waals surface area (Å²) in [4.78, 5) is 24.7. The van der Waals surface area contributed by atoms with E-state index in [1.54, 1.807) is 0 Å². The molecule has 0 unspecified atom stereocenters. The van der Waals surface area contributed by atoms with Crippen molar-refractivity contribution in [2.75, 3.05) is 6.61 Å². The molecule has 1 aromatic heterocycles. The number of ether oxygens (including phenoxy) is 1. The number of benzene rings is 1. The summed E-state index contributed by atoms with van der Waals surface area (Å²) in [5.41, 5.74) is 0.363. The standard InChI is InChI=1S/C14H16N2O3/c1-2-19-12-5-3-11(4-6-12)7-9-16-10-8-13(17)15-14(16)18/h3-6,8,10H,2,7,9H2,1H3,(H,15,17,18). The van der Waals surface area contributed by atoms with Crippen LogP contribution in [0.2, 0.25) is 0 Å². The first-order chi connectivity index (χ1) is 9.19. The molecular weight excluding hydrogens is 244 g/mol. The topological polar surface area (TPSA) is 64.1 Å². The molecule has 1 aromatic carbocycles. The van der Waals surface area contributed by atoms with E-state index in [1.807, 2.05) is 31.2 Å². The van der Waals surface area contributed by atoms with Crippen LogP contribution in [0.25, 0.3) is 0 Å². The first kappa shape index (κ1) is 13.1. The maximum Gasteiger partial charge on any atom is 0.328 e. The first-order valence-electron chi connectivity index (χ1n) is 6.20. The van der Waals surface area contributed by atoms with Gasteiger partial charge in [0.2, 0.25) is 0 Å². The molecule has 0 amide bonds. The van der Waals surface area contributed by atoms with E-state index in [-0.39, 0.29) is 11.2 Å². The molecule has 1 heterocycles. The SMILES string of the molecule is CCOc1ccc(CCn2ccc(=O)[nH]c2=O)cc1. The highest BCUT2D eigenvalue weighted by atomic mass is 16.5. The van der Waals surface area contributed by atoms with E-state index in [2.05, 4.69) is 4.98 Å². The fraction of sp³-hybridized carbons (Fsp3) is 0.286. The van der Waals surface area contributed by atoms with Gasteiger partial charge in [-0.2, -0.15) is 0 Å². The van der Waals surface area contributed by atoms with Gasteiger partial charge in [0.1, 0.15) is 5.75 Å². The highest BCUT2D eigenvalue weighted by Crippen LogP contribution is 2.12. The van der Waals surface area contributed by atoms with E-state index in [0.717, 1.165) is 17.7 Å². The van der Waals surface area contributed by atoms with Crippen LogP contribution in [-0.2, 0) is 13.0 Å². The van der Waals surface area contributed by atoms with Crippen LogP contribution in [0.15, 0.2) is 46.1 Å². The Balaban J connectivity index is 2.02. The molecule has 0 aliphatic carbocycles. The normalized spacial score (nSPS) is 10.4. The van der Waals surface area contributed by atoms with E-state index >= 15 is 0 Å². The number of H-pyrrole nitrogens is 1. The summed E-state index contributed by atoms with van der Waals surface area (Å²) in [5, 5.41) is 0. The Labute approximate surface area is 110 Å². The van der Waals surface area contributed by atoms with Crippen LogP contribution in [0.1, 0.15) is 12.5 Å². The van der Waals surface area contributed by atoms with Crippen molar-refractivity contribution >= 4 is 0 Å². The molecule has 0 fully saturated rings. The van der Waals surface area contributed by atoms with Crippen LogP contribution < -0.4 is 16.0 Å². The lowest BCUT2D eigenvalue weighted by Gasteiger charge is -2.06. The fourth-order valence-corrected chi connectivity index (χ4v) is 1.79. The second-order valence-electron chi connectivity index (χ2n) is 4.13. The van der Waals surface area contributed by atoms with Gasteiger partial charge >= 0.3 is 5.69 Å². The maximum atomic E-state index is 11.5. The fourth-order valence-electron chi connectivity index (χ4n) is 1.79.